The molecule has 0 unspecified atom stereocenters. The van der Waals surface area contributed by atoms with Crippen LogP contribution in [0.3, 0.4) is 0 Å². The molecule has 0 heterocycles. The van der Waals surface area contributed by atoms with Crippen molar-refractivity contribution in [2.24, 2.45) is 0 Å². The van der Waals surface area contributed by atoms with Crippen molar-refractivity contribution in [1.29, 1.82) is 0 Å². The third-order valence-corrected chi connectivity index (χ3v) is 2.13. The summed E-state index contributed by atoms with van der Waals surface area (Å²) in [6, 6.07) is 3.17. The summed E-state index contributed by atoms with van der Waals surface area (Å²) in [6.45, 7) is 1.19. The molecule has 0 fully saturated rings. The summed E-state index contributed by atoms with van der Waals surface area (Å²) in [4.78, 5) is 30.4. The fourth-order valence-electron chi connectivity index (χ4n) is 1.23. The van der Waals surface area contributed by atoms with Crippen molar-refractivity contribution in [3.8, 4) is 0 Å². The summed E-state index contributed by atoms with van der Waals surface area (Å²) in [7, 11) is 0. The second kappa shape index (κ2) is 5.04. The molecule has 1 rings (SSSR count). The topological polar surface area (TPSA) is 124 Å². The number of nitrogens with zero attached hydrogens (tertiary/aromatic N) is 2. The maximum Gasteiger partial charge on any atom is 0.335 e. The van der Waals surface area contributed by atoms with Crippen LogP contribution in [-0.4, -0.2) is 20.9 Å². The van der Waals surface area contributed by atoms with Crippen molar-refractivity contribution in [1.82, 2.24) is 0 Å². The van der Waals surface area contributed by atoms with Crippen LogP contribution in [0.5, 0.6) is 0 Å². The molecule has 0 aliphatic carbocycles. The zero-order valence-corrected chi connectivity index (χ0v) is 9.19. The van der Waals surface area contributed by atoms with E-state index in [1.54, 1.807) is 0 Å². The first-order valence-electron chi connectivity index (χ1n) is 4.67. The lowest BCUT2D eigenvalue weighted by atomic mass is 10.1. The summed E-state index contributed by atoms with van der Waals surface area (Å²) >= 11 is 0. The SMILES string of the molecule is CC(=Cc1ccc(C(=O)O)cc1[N+](=O)[O-])[N+](=O)[O-]. The van der Waals surface area contributed by atoms with Crippen molar-refractivity contribution in [3.63, 3.8) is 0 Å². The molecule has 1 aromatic rings. The summed E-state index contributed by atoms with van der Waals surface area (Å²) in [6.07, 6.45) is 1.02. The molecule has 0 bridgehead atoms. The summed E-state index contributed by atoms with van der Waals surface area (Å²) in [5.41, 5.74) is -1.03. The predicted molar refractivity (Wildman–Crippen MR) is 60.7 cm³/mol. The van der Waals surface area contributed by atoms with E-state index in [9.17, 15) is 25.0 Å². The predicted octanol–water partition coefficient (Wildman–Crippen LogP) is 1.93. The van der Waals surface area contributed by atoms with Gasteiger partial charge in [-0.2, -0.15) is 0 Å². The number of carbonyl (C=O) groups is 1. The molecule has 8 nitrogen and oxygen atoms in total. The van der Waals surface area contributed by atoms with E-state index in [1.807, 2.05) is 0 Å². The van der Waals surface area contributed by atoms with E-state index < -0.39 is 21.5 Å². The molecule has 0 aliphatic rings. The average molecular weight is 252 g/mol. The van der Waals surface area contributed by atoms with Gasteiger partial charge in [-0.3, -0.25) is 20.2 Å². The van der Waals surface area contributed by atoms with E-state index in [0.29, 0.717) is 0 Å². The highest BCUT2D eigenvalue weighted by Crippen LogP contribution is 2.23. The number of aromatic carboxylic acids is 1. The fraction of sp³-hybridized carbons (Fsp3) is 0.100. The van der Waals surface area contributed by atoms with Gasteiger partial charge in [-0.15, -0.1) is 0 Å². The Kier molecular flexibility index (Phi) is 3.72. The fourth-order valence-corrected chi connectivity index (χ4v) is 1.23. The number of hydrogen-bond acceptors (Lipinski definition) is 5. The summed E-state index contributed by atoms with van der Waals surface area (Å²) < 4.78 is 0. The third kappa shape index (κ3) is 2.88. The minimum absolute atomic E-state index is 0.0146. The van der Waals surface area contributed by atoms with E-state index in [-0.39, 0.29) is 16.8 Å². The number of benzene rings is 1. The summed E-state index contributed by atoms with van der Waals surface area (Å²) in [5.74, 6) is -1.31. The first-order valence-corrected chi connectivity index (χ1v) is 4.67. The zero-order chi connectivity index (χ0) is 13.9. The van der Waals surface area contributed by atoms with Gasteiger partial charge >= 0.3 is 5.97 Å². The van der Waals surface area contributed by atoms with E-state index >= 15 is 0 Å². The highest BCUT2D eigenvalue weighted by atomic mass is 16.6. The van der Waals surface area contributed by atoms with Gasteiger partial charge in [0.2, 0.25) is 5.70 Å². The molecule has 0 saturated carbocycles. The lowest BCUT2D eigenvalue weighted by Gasteiger charge is -1.99. The molecule has 0 spiro atoms. The highest BCUT2D eigenvalue weighted by Gasteiger charge is 2.17. The number of carboxylic acids is 1. The van der Waals surface area contributed by atoms with Crippen LogP contribution < -0.4 is 0 Å². The van der Waals surface area contributed by atoms with Gasteiger partial charge in [-0.1, -0.05) is 0 Å². The second-order valence-electron chi connectivity index (χ2n) is 3.38. The molecule has 0 aromatic heterocycles. The number of rotatable bonds is 4. The zero-order valence-electron chi connectivity index (χ0n) is 9.19. The van der Waals surface area contributed by atoms with E-state index in [1.165, 1.54) is 6.92 Å². The van der Waals surface area contributed by atoms with Gasteiger partial charge in [0.25, 0.3) is 5.69 Å². The van der Waals surface area contributed by atoms with Crippen LogP contribution in [0.25, 0.3) is 6.08 Å². The van der Waals surface area contributed by atoms with E-state index in [4.69, 9.17) is 5.11 Å². The molecule has 0 amide bonds. The molecule has 0 radical (unpaired) electrons. The Balaban J connectivity index is 3.37. The number of nitro benzene ring substituents is 1. The number of hydrogen-bond donors (Lipinski definition) is 1. The van der Waals surface area contributed by atoms with Crippen molar-refractivity contribution in [3.05, 3.63) is 55.3 Å². The molecule has 94 valence electrons. The van der Waals surface area contributed by atoms with E-state index in [2.05, 4.69) is 0 Å². The lowest BCUT2D eigenvalue weighted by Crippen LogP contribution is -2.00. The molecular weight excluding hydrogens is 244 g/mol. The van der Waals surface area contributed by atoms with Crippen LogP contribution >= 0.6 is 0 Å². The van der Waals surface area contributed by atoms with Gasteiger partial charge in [0.1, 0.15) is 0 Å². The van der Waals surface area contributed by atoms with Crippen LogP contribution in [0.2, 0.25) is 0 Å². The number of allylic oxidation sites excluding steroid dienone is 1. The van der Waals surface area contributed by atoms with Gasteiger partial charge in [0.05, 0.1) is 21.0 Å². The minimum atomic E-state index is -1.31. The maximum absolute atomic E-state index is 10.8. The number of nitro groups is 2. The quantitative estimate of drug-likeness (QED) is 0.644. The third-order valence-electron chi connectivity index (χ3n) is 2.13. The van der Waals surface area contributed by atoms with Crippen LogP contribution in [0.15, 0.2) is 23.9 Å². The van der Waals surface area contributed by atoms with Crippen molar-refractivity contribution < 1.29 is 19.7 Å². The minimum Gasteiger partial charge on any atom is -0.478 e. The summed E-state index contributed by atoms with van der Waals surface area (Å²) in [5, 5.41) is 29.9. The first kappa shape index (κ1) is 13.3. The molecule has 0 aliphatic heterocycles. The molecule has 1 aromatic carbocycles. The van der Waals surface area contributed by atoms with Crippen molar-refractivity contribution >= 4 is 17.7 Å². The number of carboxylic acid groups (broad SMARTS) is 1. The second-order valence-corrected chi connectivity index (χ2v) is 3.38. The Morgan fingerprint density at radius 2 is 1.94 bits per heavy atom. The van der Waals surface area contributed by atoms with Gasteiger partial charge in [-0.25, -0.2) is 4.79 Å². The molecular formula is C10H8N2O6. The first-order chi connectivity index (χ1) is 8.32. The van der Waals surface area contributed by atoms with Crippen LogP contribution in [0, 0.1) is 20.2 Å². The maximum atomic E-state index is 10.8. The van der Waals surface area contributed by atoms with Crippen molar-refractivity contribution in [2.75, 3.05) is 0 Å². The van der Waals surface area contributed by atoms with Crippen LogP contribution in [-0.2, 0) is 0 Å². The molecule has 1 N–H and O–H groups in total. The Morgan fingerprint density at radius 1 is 1.33 bits per heavy atom. The lowest BCUT2D eigenvalue weighted by molar-refractivity contribution is -0.422. The van der Waals surface area contributed by atoms with Crippen LogP contribution in [0.1, 0.15) is 22.8 Å². The van der Waals surface area contributed by atoms with Gasteiger partial charge in [0, 0.05) is 19.1 Å². The van der Waals surface area contributed by atoms with E-state index in [0.717, 1.165) is 24.3 Å². The van der Waals surface area contributed by atoms with Gasteiger partial charge in [-0.05, 0) is 12.1 Å². The molecule has 8 heteroatoms. The molecule has 18 heavy (non-hydrogen) atoms. The molecule has 0 saturated heterocycles. The Bertz CT molecular complexity index is 563. The molecule has 0 atom stereocenters. The average Bonchev–Trinajstić information content (AvgIpc) is 2.28. The van der Waals surface area contributed by atoms with Gasteiger partial charge < -0.3 is 5.11 Å². The standard InChI is InChI=1S/C10H8N2O6/c1-6(11(15)16)4-7-2-3-8(10(13)14)5-9(7)12(17)18/h2-5H,1H3,(H,13,14). The Labute approximate surface area is 100 Å². The largest absolute Gasteiger partial charge is 0.478 e. The van der Waals surface area contributed by atoms with Gasteiger partial charge in [0.15, 0.2) is 0 Å². The smallest absolute Gasteiger partial charge is 0.335 e. The van der Waals surface area contributed by atoms with Crippen molar-refractivity contribution in [2.45, 2.75) is 6.92 Å². The Hall–Kier alpha value is -2.77. The normalized spacial score (nSPS) is 11.1. The highest BCUT2D eigenvalue weighted by molar-refractivity contribution is 5.89. The monoisotopic (exact) mass is 252 g/mol. The van der Waals surface area contributed by atoms with Crippen LogP contribution in [0.4, 0.5) is 5.69 Å². The Morgan fingerprint density at radius 3 is 2.39 bits per heavy atom.